The second kappa shape index (κ2) is 5.36. The van der Waals surface area contributed by atoms with Crippen molar-refractivity contribution in [2.45, 2.75) is 71.1 Å². The molecule has 4 heteroatoms. The number of carbonyl (C=O) groups excluding carboxylic acids is 1. The maximum absolute atomic E-state index is 12.2. The smallest absolute Gasteiger partial charge is 0.237 e. The van der Waals surface area contributed by atoms with E-state index < -0.39 is 0 Å². The zero-order valence-electron chi connectivity index (χ0n) is 11.8. The summed E-state index contributed by atoms with van der Waals surface area (Å²) in [4.78, 5) is 14.5. The monoisotopic (exact) mass is 241 g/mol. The molecule has 0 aromatic carbocycles. The van der Waals surface area contributed by atoms with Crippen LogP contribution in [0.25, 0.3) is 0 Å². The summed E-state index contributed by atoms with van der Waals surface area (Å²) in [6, 6.07) is 0.909. The van der Waals surface area contributed by atoms with E-state index >= 15 is 0 Å². The molecular formula is C13H27N3O. The molecule has 3 atom stereocenters. The molecule has 4 nitrogen and oxygen atoms in total. The third-order valence-electron chi connectivity index (χ3n) is 3.82. The van der Waals surface area contributed by atoms with E-state index in [4.69, 9.17) is 5.73 Å². The first-order valence-electron chi connectivity index (χ1n) is 6.58. The molecule has 1 aliphatic rings. The fourth-order valence-corrected chi connectivity index (χ4v) is 2.60. The Labute approximate surface area is 105 Å². The standard InChI is InChI=1S/C13H27N3O/c1-9-6-7-10(2)16(9)11(3)12(17)15-13(4,5)8-14/h9-11H,6-8,14H2,1-5H3,(H,15,17). The highest BCUT2D eigenvalue weighted by Gasteiger charge is 2.35. The van der Waals surface area contributed by atoms with Crippen LogP contribution >= 0.6 is 0 Å². The van der Waals surface area contributed by atoms with E-state index in [9.17, 15) is 4.79 Å². The van der Waals surface area contributed by atoms with Crippen molar-refractivity contribution in [2.75, 3.05) is 6.54 Å². The lowest BCUT2D eigenvalue weighted by molar-refractivity contribution is -0.128. The number of nitrogens with two attached hydrogens (primary N) is 1. The zero-order valence-corrected chi connectivity index (χ0v) is 11.8. The van der Waals surface area contributed by atoms with Gasteiger partial charge in [-0.05, 0) is 47.5 Å². The molecule has 1 heterocycles. The van der Waals surface area contributed by atoms with Gasteiger partial charge >= 0.3 is 0 Å². The topological polar surface area (TPSA) is 58.4 Å². The van der Waals surface area contributed by atoms with Gasteiger partial charge in [0.05, 0.1) is 6.04 Å². The van der Waals surface area contributed by atoms with Crippen LogP contribution < -0.4 is 11.1 Å². The highest BCUT2D eigenvalue weighted by Crippen LogP contribution is 2.26. The molecule has 0 saturated carbocycles. The Morgan fingerprint density at radius 2 is 1.88 bits per heavy atom. The minimum Gasteiger partial charge on any atom is -0.349 e. The SMILES string of the molecule is CC1CCC(C)N1C(C)C(=O)NC(C)(C)CN. The number of nitrogens with one attached hydrogen (secondary N) is 1. The molecule has 1 saturated heterocycles. The average molecular weight is 241 g/mol. The minimum absolute atomic E-state index is 0.0756. The van der Waals surface area contributed by atoms with E-state index in [2.05, 4.69) is 24.1 Å². The lowest BCUT2D eigenvalue weighted by Crippen LogP contribution is -2.56. The van der Waals surface area contributed by atoms with Crippen LogP contribution in [0.4, 0.5) is 0 Å². The summed E-state index contributed by atoms with van der Waals surface area (Å²) in [5.74, 6) is 0.0843. The van der Waals surface area contributed by atoms with Crippen molar-refractivity contribution in [1.29, 1.82) is 0 Å². The number of hydrogen-bond acceptors (Lipinski definition) is 3. The van der Waals surface area contributed by atoms with Crippen LogP contribution in [0.2, 0.25) is 0 Å². The first kappa shape index (κ1) is 14.5. The van der Waals surface area contributed by atoms with E-state index in [1.165, 1.54) is 12.8 Å². The molecule has 1 aliphatic heterocycles. The molecule has 0 aliphatic carbocycles. The van der Waals surface area contributed by atoms with Crippen LogP contribution in [-0.2, 0) is 4.79 Å². The highest BCUT2D eigenvalue weighted by molar-refractivity contribution is 5.82. The summed E-state index contributed by atoms with van der Waals surface area (Å²) in [5, 5.41) is 3.02. The first-order valence-corrected chi connectivity index (χ1v) is 6.58. The first-order chi connectivity index (χ1) is 7.78. The fraction of sp³-hybridized carbons (Fsp3) is 0.923. The Balaban J connectivity index is 2.63. The van der Waals surface area contributed by atoms with Crippen molar-refractivity contribution in [3.05, 3.63) is 0 Å². The van der Waals surface area contributed by atoms with Crippen molar-refractivity contribution < 1.29 is 4.79 Å². The molecule has 0 radical (unpaired) electrons. The van der Waals surface area contributed by atoms with Gasteiger partial charge in [0.2, 0.25) is 5.91 Å². The predicted octanol–water partition coefficient (Wildman–Crippen LogP) is 1.10. The van der Waals surface area contributed by atoms with Gasteiger partial charge in [0, 0.05) is 24.2 Å². The van der Waals surface area contributed by atoms with Gasteiger partial charge < -0.3 is 11.1 Å². The lowest BCUT2D eigenvalue weighted by atomic mass is 10.1. The molecule has 17 heavy (non-hydrogen) atoms. The normalized spacial score (nSPS) is 28.1. The zero-order chi connectivity index (χ0) is 13.2. The Morgan fingerprint density at radius 3 is 2.29 bits per heavy atom. The van der Waals surface area contributed by atoms with Gasteiger partial charge in [-0.1, -0.05) is 0 Å². The molecule has 100 valence electrons. The van der Waals surface area contributed by atoms with E-state index in [1.54, 1.807) is 0 Å². The fourth-order valence-electron chi connectivity index (χ4n) is 2.60. The maximum atomic E-state index is 12.2. The molecule has 0 aromatic rings. The maximum Gasteiger partial charge on any atom is 0.237 e. The van der Waals surface area contributed by atoms with E-state index in [0.717, 1.165) is 0 Å². The molecule has 0 spiro atoms. The van der Waals surface area contributed by atoms with Crippen LogP contribution in [0.5, 0.6) is 0 Å². The van der Waals surface area contributed by atoms with Crippen LogP contribution in [0.3, 0.4) is 0 Å². The molecule has 3 N–H and O–H groups in total. The predicted molar refractivity (Wildman–Crippen MR) is 70.7 cm³/mol. The summed E-state index contributed by atoms with van der Waals surface area (Å²) < 4.78 is 0. The second-order valence-electron chi connectivity index (χ2n) is 5.98. The highest BCUT2D eigenvalue weighted by atomic mass is 16.2. The molecule has 0 aromatic heterocycles. The molecule has 1 rings (SSSR count). The average Bonchev–Trinajstić information content (AvgIpc) is 2.57. The Kier molecular flexibility index (Phi) is 4.55. The number of rotatable bonds is 4. The van der Waals surface area contributed by atoms with Gasteiger partial charge in [0.25, 0.3) is 0 Å². The third-order valence-corrected chi connectivity index (χ3v) is 3.82. The Bertz CT molecular complexity index is 268. The van der Waals surface area contributed by atoms with Crippen molar-refractivity contribution in [3.63, 3.8) is 0 Å². The van der Waals surface area contributed by atoms with E-state index in [1.807, 2.05) is 20.8 Å². The quantitative estimate of drug-likeness (QED) is 0.775. The van der Waals surface area contributed by atoms with Crippen LogP contribution in [0.1, 0.15) is 47.5 Å². The number of carbonyl (C=O) groups is 1. The summed E-state index contributed by atoms with van der Waals surface area (Å²) >= 11 is 0. The van der Waals surface area contributed by atoms with Crippen LogP contribution in [-0.4, -0.2) is 41.0 Å². The third kappa shape index (κ3) is 3.42. The summed E-state index contributed by atoms with van der Waals surface area (Å²) in [7, 11) is 0. The van der Waals surface area contributed by atoms with Crippen molar-refractivity contribution in [1.82, 2.24) is 10.2 Å². The molecule has 0 bridgehead atoms. The van der Waals surface area contributed by atoms with E-state index in [0.29, 0.717) is 18.6 Å². The second-order valence-corrected chi connectivity index (χ2v) is 5.98. The number of hydrogen-bond donors (Lipinski definition) is 2. The number of amides is 1. The number of likely N-dealkylation sites (tertiary alicyclic amines) is 1. The van der Waals surface area contributed by atoms with Crippen molar-refractivity contribution in [3.8, 4) is 0 Å². The Morgan fingerprint density at radius 1 is 1.41 bits per heavy atom. The Hall–Kier alpha value is -0.610. The molecular weight excluding hydrogens is 214 g/mol. The van der Waals surface area contributed by atoms with Gasteiger partial charge in [-0.2, -0.15) is 0 Å². The van der Waals surface area contributed by atoms with Crippen molar-refractivity contribution >= 4 is 5.91 Å². The minimum atomic E-state index is -0.322. The number of nitrogens with zero attached hydrogens (tertiary/aromatic N) is 1. The van der Waals surface area contributed by atoms with Gasteiger partial charge in [-0.15, -0.1) is 0 Å². The molecule has 3 unspecified atom stereocenters. The molecule has 1 amide bonds. The van der Waals surface area contributed by atoms with Gasteiger partial charge in [0.15, 0.2) is 0 Å². The van der Waals surface area contributed by atoms with Gasteiger partial charge in [-0.25, -0.2) is 0 Å². The summed E-state index contributed by atoms with van der Waals surface area (Å²) in [6.45, 7) is 10.7. The summed E-state index contributed by atoms with van der Waals surface area (Å²) in [6.07, 6.45) is 2.36. The van der Waals surface area contributed by atoms with Gasteiger partial charge in [0.1, 0.15) is 0 Å². The summed E-state index contributed by atoms with van der Waals surface area (Å²) in [5.41, 5.74) is 5.31. The lowest BCUT2D eigenvalue weighted by Gasteiger charge is -2.34. The van der Waals surface area contributed by atoms with Crippen LogP contribution in [0.15, 0.2) is 0 Å². The largest absolute Gasteiger partial charge is 0.349 e. The van der Waals surface area contributed by atoms with Crippen LogP contribution in [0, 0.1) is 0 Å². The molecule has 1 fully saturated rings. The van der Waals surface area contributed by atoms with E-state index in [-0.39, 0.29) is 17.5 Å². The van der Waals surface area contributed by atoms with Crippen molar-refractivity contribution in [2.24, 2.45) is 5.73 Å². The van der Waals surface area contributed by atoms with Gasteiger partial charge in [-0.3, -0.25) is 9.69 Å².